The zero-order valence-corrected chi connectivity index (χ0v) is 28.3. The fourth-order valence-corrected chi connectivity index (χ4v) is 8.86. The van der Waals surface area contributed by atoms with E-state index in [0.29, 0.717) is 31.6 Å². The molecule has 242 valence electrons. The van der Waals surface area contributed by atoms with Gasteiger partial charge in [0.25, 0.3) is 0 Å². The molecule has 0 aliphatic carbocycles. The standard InChI is InChI=1S/C34H49N3O6S/c1-9-27-34(7)28(24(5)29(38)23(4)20-33(6,41-8)19-21(2)18-22(3)31(39)42-27)30(32(40)43-34)44-17-16-37-15-13-26(36-37)25-12-10-11-14-35-25/h10-15,21-24,27-28,30H,9,16-20H2,1-8H3. The summed E-state index contributed by atoms with van der Waals surface area (Å²) in [7, 11) is 1.69. The van der Waals surface area contributed by atoms with Crippen molar-refractivity contribution in [2.45, 2.75) is 103 Å². The van der Waals surface area contributed by atoms with E-state index in [0.717, 1.165) is 17.8 Å². The number of rotatable bonds is 7. The molecular formula is C34H49N3O6S. The first-order chi connectivity index (χ1) is 20.8. The van der Waals surface area contributed by atoms with Crippen LogP contribution in [0.5, 0.6) is 0 Å². The summed E-state index contributed by atoms with van der Waals surface area (Å²) < 4.78 is 20.1. The maximum absolute atomic E-state index is 14.1. The number of hydrogen-bond acceptors (Lipinski definition) is 9. The summed E-state index contributed by atoms with van der Waals surface area (Å²) in [6.07, 6.45) is 5.35. The first kappa shape index (κ1) is 34.2. The van der Waals surface area contributed by atoms with Gasteiger partial charge in [-0.05, 0) is 63.6 Å². The van der Waals surface area contributed by atoms with Crippen molar-refractivity contribution in [3.8, 4) is 11.4 Å². The van der Waals surface area contributed by atoms with E-state index < -0.39 is 34.4 Å². The fraction of sp³-hybridized carbons (Fsp3) is 0.676. The first-order valence-electron chi connectivity index (χ1n) is 15.9. The third-order valence-electron chi connectivity index (χ3n) is 9.64. The summed E-state index contributed by atoms with van der Waals surface area (Å²) in [5.74, 6) is -1.44. The van der Waals surface area contributed by atoms with Gasteiger partial charge < -0.3 is 14.2 Å². The average molecular weight is 628 g/mol. The van der Waals surface area contributed by atoms with Gasteiger partial charge in [0.2, 0.25) is 0 Å². The van der Waals surface area contributed by atoms with Gasteiger partial charge in [0.05, 0.1) is 17.2 Å². The summed E-state index contributed by atoms with van der Waals surface area (Å²) in [5.41, 5.74) is -0.0949. The van der Waals surface area contributed by atoms with Crippen LogP contribution in [-0.2, 0) is 35.1 Å². The lowest BCUT2D eigenvalue weighted by molar-refractivity contribution is -0.183. The number of carbonyl (C=O) groups is 3. The van der Waals surface area contributed by atoms with E-state index >= 15 is 0 Å². The van der Waals surface area contributed by atoms with Crippen LogP contribution in [0.25, 0.3) is 11.4 Å². The van der Waals surface area contributed by atoms with Crippen LogP contribution >= 0.6 is 11.8 Å². The zero-order chi connectivity index (χ0) is 32.2. The largest absolute Gasteiger partial charge is 0.458 e. The average Bonchev–Trinajstić information content (AvgIpc) is 3.56. The van der Waals surface area contributed by atoms with Crippen LogP contribution in [0, 0.1) is 29.6 Å². The van der Waals surface area contributed by atoms with Crippen LogP contribution in [0.15, 0.2) is 36.7 Å². The van der Waals surface area contributed by atoms with Crippen molar-refractivity contribution < 1.29 is 28.6 Å². The number of hydrogen-bond donors (Lipinski definition) is 0. The van der Waals surface area contributed by atoms with Crippen LogP contribution < -0.4 is 0 Å². The van der Waals surface area contributed by atoms with Crippen molar-refractivity contribution in [2.75, 3.05) is 12.9 Å². The number of pyridine rings is 1. The molecule has 2 aromatic heterocycles. The minimum absolute atomic E-state index is 0.0692. The van der Waals surface area contributed by atoms with Crippen LogP contribution in [-0.4, -0.2) is 67.9 Å². The van der Waals surface area contributed by atoms with Gasteiger partial charge in [0.1, 0.15) is 22.8 Å². The molecule has 0 saturated carbocycles. The van der Waals surface area contributed by atoms with Crippen LogP contribution in [0.2, 0.25) is 0 Å². The number of methoxy groups -OCH3 is 1. The highest BCUT2D eigenvalue weighted by Crippen LogP contribution is 2.48. The number of thioether (sulfide) groups is 1. The molecule has 44 heavy (non-hydrogen) atoms. The number of aryl methyl sites for hydroxylation is 1. The molecule has 2 aromatic rings. The molecule has 2 aliphatic rings. The quantitative estimate of drug-likeness (QED) is 0.341. The van der Waals surface area contributed by atoms with Gasteiger partial charge in [0.15, 0.2) is 5.60 Å². The molecule has 2 saturated heterocycles. The number of nitrogens with zero attached hydrogens (tertiary/aromatic N) is 3. The van der Waals surface area contributed by atoms with Crippen LogP contribution in [0.4, 0.5) is 0 Å². The van der Waals surface area contributed by atoms with Gasteiger partial charge in [-0.1, -0.05) is 40.7 Å². The number of ether oxygens (including phenoxy) is 3. The van der Waals surface area contributed by atoms with Gasteiger partial charge in [-0.25, -0.2) is 0 Å². The predicted molar refractivity (Wildman–Crippen MR) is 171 cm³/mol. The Balaban J connectivity index is 1.61. The minimum Gasteiger partial charge on any atom is -0.458 e. The molecule has 9 nitrogen and oxygen atoms in total. The molecule has 9 atom stereocenters. The summed E-state index contributed by atoms with van der Waals surface area (Å²) in [5, 5.41) is 4.06. The fourth-order valence-electron chi connectivity index (χ4n) is 7.42. The Morgan fingerprint density at radius 2 is 1.77 bits per heavy atom. The topological polar surface area (TPSA) is 110 Å². The van der Waals surface area contributed by atoms with E-state index in [1.54, 1.807) is 13.3 Å². The van der Waals surface area contributed by atoms with Crippen LogP contribution in [0.1, 0.15) is 74.1 Å². The van der Waals surface area contributed by atoms with E-state index in [2.05, 4.69) is 17.0 Å². The third-order valence-corrected chi connectivity index (χ3v) is 10.9. The lowest BCUT2D eigenvalue weighted by Crippen LogP contribution is -2.52. The van der Waals surface area contributed by atoms with Gasteiger partial charge in [0, 0.05) is 49.6 Å². The summed E-state index contributed by atoms with van der Waals surface area (Å²) in [6, 6.07) is 7.62. The monoisotopic (exact) mass is 627 g/mol. The lowest BCUT2D eigenvalue weighted by Gasteiger charge is -2.41. The maximum atomic E-state index is 14.1. The van der Waals surface area contributed by atoms with Crippen molar-refractivity contribution in [3.63, 3.8) is 0 Å². The third kappa shape index (κ3) is 7.39. The SMILES string of the molecule is CCC1OC(=O)C(C)CC(C)CC(C)(OC)CC(C)C(=O)C(C)C2C(SCCn3ccc(-c4ccccn4)n3)C(=O)OC12C. The van der Waals surface area contributed by atoms with Crippen molar-refractivity contribution in [3.05, 3.63) is 36.7 Å². The molecule has 0 spiro atoms. The Kier molecular flexibility index (Phi) is 11.0. The number of aromatic nitrogens is 3. The van der Waals surface area contributed by atoms with Crippen molar-refractivity contribution in [1.29, 1.82) is 0 Å². The molecule has 4 rings (SSSR count). The number of carbonyl (C=O) groups excluding carboxylic acids is 3. The van der Waals surface area contributed by atoms with Gasteiger partial charge in [-0.15, -0.1) is 11.8 Å². The normalized spacial score (nSPS) is 35.5. The number of ketones is 1. The zero-order valence-electron chi connectivity index (χ0n) is 27.4. The molecule has 0 bridgehead atoms. The van der Waals surface area contributed by atoms with Crippen LogP contribution in [0.3, 0.4) is 0 Å². The van der Waals surface area contributed by atoms with Crippen molar-refractivity contribution >= 4 is 29.5 Å². The van der Waals surface area contributed by atoms with Gasteiger partial charge in [-0.2, -0.15) is 5.10 Å². The summed E-state index contributed by atoms with van der Waals surface area (Å²) >= 11 is 1.48. The second-order valence-electron chi connectivity index (χ2n) is 13.3. The molecule has 0 amide bonds. The Bertz CT molecular complexity index is 1300. The van der Waals surface area contributed by atoms with Gasteiger partial charge in [-0.3, -0.25) is 24.0 Å². The highest BCUT2D eigenvalue weighted by atomic mass is 32.2. The molecular weight excluding hydrogens is 578 g/mol. The van der Waals surface area contributed by atoms with Crippen molar-refractivity contribution in [1.82, 2.24) is 14.8 Å². The lowest BCUT2D eigenvalue weighted by atomic mass is 9.70. The number of esters is 2. The second-order valence-corrected chi connectivity index (χ2v) is 14.6. The molecule has 0 N–H and O–H groups in total. The molecule has 4 heterocycles. The van der Waals surface area contributed by atoms with E-state index in [4.69, 9.17) is 14.2 Å². The molecule has 2 aliphatic heterocycles. The predicted octanol–water partition coefficient (Wildman–Crippen LogP) is 6.00. The first-order valence-corrected chi connectivity index (χ1v) is 17.0. The summed E-state index contributed by atoms with van der Waals surface area (Å²) in [6.45, 7) is 14.2. The number of Topliss-reactive ketones (excluding diaryl/α,β-unsaturated/α-hetero) is 1. The Labute approximate surface area is 266 Å². The van der Waals surface area contributed by atoms with E-state index in [1.807, 2.05) is 76.7 Å². The molecule has 10 heteroatoms. The molecule has 0 aromatic carbocycles. The highest BCUT2D eigenvalue weighted by molar-refractivity contribution is 8.00. The molecule has 9 unspecified atom stereocenters. The van der Waals surface area contributed by atoms with E-state index in [9.17, 15) is 14.4 Å². The van der Waals surface area contributed by atoms with Gasteiger partial charge >= 0.3 is 11.9 Å². The van der Waals surface area contributed by atoms with E-state index in [1.165, 1.54) is 11.8 Å². The maximum Gasteiger partial charge on any atom is 0.320 e. The highest BCUT2D eigenvalue weighted by Gasteiger charge is 2.61. The Hall–Kier alpha value is -2.72. The minimum atomic E-state index is -1.15. The second kappa shape index (κ2) is 14.1. The smallest absolute Gasteiger partial charge is 0.320 e. The summed E-state index contributed by atoms with van der Waals surface area (Å²) in [4.78, 5) is 45.5. The number of fused-ring (bicyclic) bond motifs is 1. The molecule has 2 fully saturated rings. The number of cyclic esters (lactones) is 1. The Morgan fingerprint density at radius 3 is 2.43 bits per heavy atom. The molecule has 0 radical (unpaired) electrons. The van der Waals surface area contributed by atoms with E-state index in [-0.39, 0.29) is 35.5 Å². The Morgan fingerprint density at radius 1 is 1.02 bits per heavy atom. The van der Waals surface area contributed by atoms with Crippen molar-refractivity contribution in [2.24, 2.45) is 29.6 Å².